The smallest absolute Gasteiger partial charge is 0.223 e. The maximum absolute atomic E-state index is 5.66. The van der Waals surface area contributed by atoms with Gasteiger partial charge in [0.15, 0.2) is 0 Å². The average molecular weight is 221 g/mol. The number of anilines is 3. The van der Waals surface area contributed by atoms with Crippen molar-refractivity contribution in [3.8, 4) is 0 Å². The summed E-state index contributed by atoms with van der Waals surface area (Å²) < 4.78 is 0. The van der Waals surface area contributed by atoms with Crippen molar-refractivity contribution in [3.05, 3.63) is 6.07 Å². The summed E-state index contributed by atoms with van der Waals surface area (Å²) >= 11 is 0. The lowest BCUT2D eigenvalue weighted by molar-refractivity contribution is 0.321. The minimum atomic E-state index is 0.322. The normalized spacial score (nSPS) is 15.6. The van der Waals surface area contributed by atoms with Crippen LogP contribution < -0.4 is 16.0 Å². The number of nitrogens with two attached hydrogens (primary N) is 1. The Morgan fingerprint density at radius 1 is 1.50 bits per heavy atom. The van der Waals surface area contributed by atoms with Crippen LogP contribution in [0, 0.1) is 5.92 Å². The van der Waals surface area contributed by atoms with Gasteiger partial charge in [0.2, 0.25) is 5.95 Å². The summed E-state index contributed by atoms with van der Waals surface area (Å²) in [6.07, 6.45) is 4.04. The monoisotopic (exact) mass is 221 g/mol. The van der Waals surface area contributed by atoms with Crippen molar-refractivity contribution in [3.63, 3.8) is 0 Å². The molecule has 2 rings (SSSR count). The molecule has 0 aromatic carbocycles. The summed E-state index contributed by atoms with van der Waals surface area (Å²) in [5.41, 5.74) is 5.66. The van der Waals surface area contributed by atoms with E-state index >= 15 is 0 Å². The van der Waals surface area contributed by atoms with Crippen LogP contribution in [0.25, 0.3) is 0 Å². The molecule has 0 saturated heterocycles. The maximum Gasteiger partial charge on any atom is 0.223 e. The average Bonchev–Trinajstić information content (AvgIpc) is 2.22. The second kappa shape index (κ2) is 4.55. The van der Waals surface area contributed by atoms with Gasteiger partial charge in [0.1, 0.15) is 11.6 Å². The molecule has 0 bridgehead atoms. The molecule has 0 atom stereocenters. The predicted octanol–water partition coefficient (Wildman–Crippen LogP) is 1.34. The van der Waals surface area contributed by atoms with Crippen LogP contribution in [-0.2, 0) is 0 Å². The van der Waals surface area contributed by atoms with Crippen LogP contribution in [0.3, 0.4) is 0 Å². The molecule has 3 N–H and O–H groups in total. The van der Waals surface area contributed by atoms with Crippen molar-refractivity contribution in [2.45, 2.75) is 19.3 Å². The fourth-order valence-electron chi connectivity index (χ4n) is 1.93. The van der Waals surface area contributed by atoms with Gasteiger partial charge in [0.05, 0.1) is 0 Å². The van der Waals surface area contributed by atoms with Crippen LogP contribution in [0.15, 0.2) is 6.07 Å². The zero-order valence-corrected chi connectivity index (χ0v) is 9.90. The molecule has 1 aromatic rings. The van der Waals surface area contributed by atoms with Gasteiger partial charge in [-0.05, 0) is 18.8 Å². The second-order valence-electron chi connectivity index (χ2n) is 4.40. The zero-order valence-electron chi connectivity index (χ0n) is 9.90. The summed E-state index contributed by atoms with van der Waals surface area (Å²) in [6, 6.07) is 1.93. The third-order valence-electron chi connectivity index (χ3n) is 3.13. The Kier molecular flexibility index (Phi) is 3.12. The first-order valence-corrected chi connectivity index (χ1v) is 5.72. The lowest BCUT2D eigenvalue weighted by Gasteiger charge is -2.30. The van der Waals surface area contributed by atoms with E-state index < -0.39 is 0 Å². The van der Waals surface area contributed by atoms with Crippen LogP contribution in [0.5, 0.6) is 0 Å². The minimum Gasteiger partial charge on any atom is -0.373 e. The first kappa shape index (κ1) is 11.0. The van der Waals surface area contributed by atoms with Crippen molar-refractivity contribution >= 4 is 17.6 Å². The molecule has 0 unspecified atom stereocenters. The largest absolute Gasteiger partial charge is 0.373 e. The Labute approximate surface area is 96.1 Å². The Morgan fingerprint density at radius 3 is 2.81 bits per heavy atom. The lowest BCUT2D eigenvalue weighted by Crippen LogP contribution is -2.30. The summed E-state index contributed by atoms with van der Waals surface area (Å²) in [5.74, 6) is 2.80. The van der Waals surface area contributed by atoms with Crippen molar-refractivity contribution in [1.82, 2.24) is 9.97 Å². The molecule has 1 heterocycles. The Balaban J connectivity index is 2.08. The molecule has 1 aliphatic carbocycles. The second-order valence-corrected chi connectivity index (χ2v) is 4.40. The molecule has 0 spiro atoms. The van der Waals surface area contributed by atoms with Crippen molar-refractivity contribution in [2.75, 3.05) is 36.6 Å². The van der Waals surface area contributed by atoms with E-state index in [0.29, 0.717) is 5.95 Å². The standard InChI is InChI=1S/C11H19N5/c1-13-9-6-10(15-11(12)14-9)16(2)7-8-4-3-5-8/h6,8H,3-5,7H2,1-2H3,(H3,12,13,14,15). The van der Waals surface area contributed by atoms with Crippen LogP contribution >= 0.6 is 0 Å². The molecule has 1 fully saturated rings. The van der Waals surface area contributed by atoms with Crippen LogP contribution in [0.1, 0.15) is 19.3 Å². The van der Waals surface area contributed by atoms with Gasteiger partial charge in [0, 0.05) is 26.7 Å². The molecule has 0 amide bonds. The minimum absolute atomic E-state index is 0.322. The highest BCUT2D eigenvalue weighted by atomic mass is 15.2. The van der Waals surface area contributed by atoms with Crippen LogP contribution in [0.2, 0.25) is 0 Å². The van der Waals surface area contributed by atoms with Gasteiger partial charge in [-0.1, -0.05) is 6.42 Å². The molecule has 5 heteroatoms. The Bertz CT molecular complexity index is 361. The molecule has 1 saturated carbocycles. The first-order chi connectivity index (χ1) is 7.69. The molecule has 5 nitrogen and oxygen atoms in total. The molecule has 88 valence electrons. The van der Waals surface area contributed by atoms with E-state index in [2.05, 4.69) is 27.2 Å². The molecule has 16 heavy (non-hydrogen) atoms. The topological polar surface area (TPSA) is 67.1 Å². The molecule has 1 aliphatic rings. The molecular formula is C11H19N5. The van der Waals surface area contributed by atoms with Crippen LogP contribution in [0.4, 0.5) is 17.6 Å². The van der Waals surface area contributed by atoms with Gasteiger partial charge >= 0.3 is 0 Å². The quantitative estimate of drug-likeness (QED) is 0.803. The lowest BCUT2D eigenvalue weighted by atomic mass is 9.85. The van der Waals surface area contributed by atoms with E-state index in [1.54, 1.807) is 0 Å². The summed E-state index contributed by atoms with van der Waals surface area (Å²) in [6.45, 7) is 1.06. The highest BCUT2D eigenvalue weighted by Crippen LogP contribution is 2.28. The third-order valence-corrected chi connectivity index (χ3v) is 3.13. The van der Waals surface area contributed by atoms with E-state index in [1.165, 1.54) is 19.3 Å². The molecule has 1 aromatic heterocycles. The van der Waals surface area contributed by atoms with Gasteiger partial charge in [-0.3, -0.25) is 0 Å². The van der Waals surface area contributed by atoms with Gasteiger partial charge in [-0.2, -0.15) is 9.97 Å². The highest BCUT2D eigenvalue weighted by Gasteiger charge is 2.20. The third kappa shape index (κ3) is 2.35. The van der Waals surface area contributed by atoms with Gasteiger partial charge in [-0.15, -0.1) is 0 Å². The highest BCUT2D eigenvalue weighted by molar-refractivity contribution is 5.51. The van der Waals surface area contributed by atoms with Gasteiger partial charge < -0.3 is 16.0 Å². The maximum atomic E-state index is 5.66. The SMILES string of the molecule is CNc1cc(N(C)CC2CCC2)nc(N)n1. The van der Waals surface area contributed by atoms with E-state index in [1.807, 2.05) is 13.1 Å². The summed E-state index contributed by atoms with van der Waals surface area (Å²) in [7, 11) is 3.89. The number of nitrogens with one attached hydrogen (secondary N) is 1. The number of hydrogen-bond acceptors (Lipinski definition) is 5. The van der Waals surface area contributed by atoms with Crippen molar-refractivity contribution in [1.29, 1.82) is 0 Å². The van der Waals surface area contributed by atoms with E-state index in [9.17, 15) is 0 Å². The van der Waals surface area contributed by atoms with E-state index in [0.717, 1.165) is 24.1 Å². The summed E-state index contributed by atoms with van der Waals surface area (Å²) in [5, 5.41) is 2.99. The van der Waals surface area contributed by atoms with Crippen molar-refractivity contribution in [2.24, 2.45) is 5.92 Å². The number of aromatic nitrogens is 2. The number of rotatable bonds is 4. The Hall–Kier alpha value is -1.52. The first-order valence-electron chi connectivity index (χ1n) is 5.72. The Morgan fingerprint density at radius 2 is 2.25 bits per heavy atom. The summed E-state index contributed by atoms with van der Waals surface area (Å²) in [4.78, 5) is 10.5. The number of nitrogens with zero attached hydrogens (tertiary/aromatic N) is 3. The molecule has 0 aliphatic heterocycles. The number of hydrogen-bond donors (Lipinski definition) is 2. The van der Waals surface area contributed by atoms with E-state index in [4.69, 9.17) is 5.73 Å². The molecular weight excluding hydrogens is 202 g/mol. The number of nitrogen functional groups attached to an aromatic ring is 1. The van der Waals surface area contributed by atoms with Crippen molar-refractivity contribution < 1.29 is 0 Å². The fourth-order valence-corrected chi connectivity index (χ4v) is 1.93. The van der Waals surface area contributed by atoms with Gasteiger partial charge in [0.25, 0.3) is 0 Å². The zero-order chi connectivity index (χ0) is 11.5. The van der Waals surface area contributed by atoms with Crippen LogP contribution in [-0.4, -0.2) is 30.6 Å². The van der Waals surface area contributed by atoms with Gasteiger partial charge in [-0.25, -0.2) is 0 Å². The van der Waals surface area contributed by atoms with E-state index in [-0.39, 0.29) is 0 Å². The molecule has 0 radical (unpaired) electrons. The fraction of sp³-hybridized carbons (Fsp3) is 0.636. The predicted molar refractivity (Wildman–Crippen MR) is 66.6 cm³/mol.